The van der Waals surface area contributed by atoms with Crippen molar-refractivity contribution < 1.29 is 61.9 Å². The molecule has 0 aromatic heterocycles. The van der Waals surface area contributed by atoms with Gasteiger partial charge in [-0.2, -0.15) is 0 Å². The Morgan fingerprint density at radius 3 is 0.980 bits per heavy atom. The van der Waals surface area contributed by atoms with Crippen molar-refractivity contribution in [3.8, 4) is 5.75 Å². The molecule has 0 bridgehead atoms. The molecule has 0 atom stereocenters. The zero-order chi connectivity index (χ0) is 35.0. The maximum absolute atomic E-state index is 8.59. The highest BCUT2D eigenvalue weighted by Crippen LogP contribution is 2.14. The monoisotopic (exact) mass is 706 g/mol. The van der Waals surface area contributed by atoms with E-state index >= 15 is 0 Å². The van der Waals surface area contributed by atoms with E-state index in [0.29, 0.717) is 152 Å². The summed E-state index contributed by atoms with van der Waals surface area (Å²) in [6, 6.07) is 8.38. The Morgan fingerprint density at radius 1 is 0.367 bits per heavy atom. The molecule has 0 amide bonds. The van der Waals surface area contributed by atoms with Crippen molar-refractivity contribution in [3.05, 3.63) is 29.8 Å². The third kappa shape index (κ3) is 34.8. The van der Waals surface area contributed by atoms with Crippen molar-refractivity contribution in [2.75, 3.05) is 159 Å². The first-order valence-corrected chi connectivity index (χ1v) is 18.0. The predicted octanol–water partition coefficient (Wildman–Crippen LogP) is 3.36. The van der Waals surface area contributed by atoms with Gasteiger partial charge in [-0.05, 0) is 30.5 Å². The van der Waals surface area contributed by atoms with E-state index in [1.807, 2.05) is 12.1 Å². The van der Waals surface area contributed by atoms with Gasteiger partial charge in [0.25, 0.3) is 0 Å². The van der Waals surface area contributed by atoms with Gasteiger partial charge in [0.15, 0.2) is 0 Å². The molecule has 13 heteroatoms. The summed E-state index contributed by atoms with van der Waals surface area (Å²) in [5.41, 5.74) is 1.37. The SMILES string of the molecule is CCCCCCc1ccc(OCCOCCOCCOCCOCCOCCOCCOCCOCCOCCOCCOCCO)cc1. The van der Waals surface area contributed by atoms with E-state index in [-0.39, 0.29) is 6.61 Å². The van der Waals surface area contributed by atoms with Crippen LogP contribution in [0.1, 0.15) is 38.2 Å². The van der Waals surface area contributed by atoms with Crippen molar-refractivity contribution in [2.24, 2.45) is 0 Å². The number of rotatable bonds is 41. The molecular formula is C36H66O13. The van der Waals surface area contributed by atoms with Gasteiger partial charge in [-0.15, -0.1) is 0 Å². The highest BCUT2D eigenvalue weighted by Gasteiger charge is 1.99. The summed E-state index contributed by atoms with van der Waals surface area (Å²) in [7, 11) is 0. The van der Waals surface area contributed by atoms with E-state index in [2.05, 4.69) is 19.1 Å². The van der Waals surface area contributed by atoms with Gasteiger partial charge >= 0.3 is 0 Å². The first kappa shape index (κ1) is 45.6. The van der Waals surface area contributed by atoms with Crippen LogP contribution in [0.25, 0.3) is 0 Å². The summed E-state index contributed by atoms with van der Waals surface area (Å²) in [6.45, 7) is 13.8. The topological polar surface area (TPSA) is 131 Å². The Morgan fingerprint density at radius 2 is 0.673 bits per heavy atom. The summed E-state index contributed by atoms with van der Waals surface area (Å²) in [5.74, 6) is 0.879. The fraction of sp³-hybridized carbons (Fsp3) is 0.833. The number of aliphatic hydroxyl groups is 1. The van der Waals surface area contributed by atoms with Crippen molar-refractivity contribution in [1.82, 2.24) is 0 Å². The van der Waals surface area contributed by atoms with Gasteiger partial charge in [-0.1, -0.05) is 38.3 Å². The Labute approximate surface area is 295 Å². The van der Waals surface area contributed by atoms with E-state index in [0.717, 1.165) is 12.2 Å². The van der Waals surface area contributed by atoms with Gasteiger partial charge in [-0.3, -0.25) is 0 Å². The molecule has 0 aliphatic heterocycles. The number of hydrogen-bond donors (Lipinski definition) is 1. The van der Waals surface area contributed by atoms with Crippen LogP contribution in [0, 0.1) is 0 Å². The molecule has 1 aromatic carbocycles. The number of aryl methyl sites for hydroxylation is 1. The molecule has 0 heterocycles. The second-order valence-electron chi connectivity index (χ2n) is 10.8. The van der Waals surface area contributed by atoms with Crippen LogP contribution in [0.4, 0.5) is 0 Å². The summed E-state index contributed by atoms with van der Waals surface area (Å²) in [5, 5.41) is 8.59. The first-order chi connectivity index (χ1) is 24.4. The number of ether oxygens (including phenoxy) is 12. The van der Waals surface area contributed by atoms with Crippen molar-refractivity contribution in [2.45, 2.75) is 39.0 Å². The van der Waals surface area contributed by atoms with Crippen molar-refractivity contribution >= 4 is 0 Å². The molecule has 0 spiro atoms. The molecule has 0 saturated heterocycles. The summed E-state index contributed by atoms with van der Waals surface area (Å²) in [6.07, 6.45) is 6.26. The van der Waals surface area contributed by atoms with Crippen LogP contribution in [0.2, 0.25) is 0 Å². The lowest BCUT2D eigenvalue weighted by Crippen LogP contribution is -2.15. The zero-order valence-corrected chi connectivity index (χ0v) is 30.2. The van der Waals surface area contributed by atoms with Gasteiger partial charge in [0, 0.05) is 0 Å². The van der Waals surface area contributed by atoms with Gasteiger partial charge in [-0.25, -0.2) is 0 Å². The quantitative estimate of drug-likeness (QED) is 0.100. The minimum atomic E-state index is 0.0254. The van der Waals surface area contributed by atoms with Crippen LogP contribution in [0.5, 0.6) is 5.75 Å². The third-order valence-electron chi connectivity index (χ3n) is 6.69. The predicted molar refractivity (Wildman–Crippen MR) is 186 cm³/mol. The second kappa shape index (κ2) is 39.3. The van der Waals surface area contributed by atoms with Gasteiger partial charge in [0.2, 0.25) is 0 Å². The summed E-state index contributed by atoms with van der Waals surface area (Å²) in [4.78, 5) is 0. The molecule has 1 N–H and O–H groups in total. The Bertz CT molecular complexity index is 757. The van der Waals surface area contributed by atoms with Crippen molar-refractivity contribution in [3.63, 3.8) is 0 Å². The molecule has 288 valence electrons. The standard InChI is InChI=1S/C36H66O13/c1-2-3-4-5-6-35-7-9-36(10-8-35)49-34-33-48-32-31-47-30-29-46-28-27-45-26-25-44-24-23-43-22-21-42-20-19-41-18-17-40-16-15-39-14-13-38-12-11-37/h7-10,37H,2-6,11-34H2,1H3. The summed E-state index contributed by atoms with van der Waals surface area (Å²) >= 11 is 0. The maximum atomic E-state index is 8.59. The highest BCUT2D eigenvalue weighted by molar-refractivity contribution is 5.27. The zero-order valence-electron chi connectivity index (χ0n) is 30.2. The van der Waals surface area contributed by atoms with E-state index < -0.39 is 0 Å². The first-order valence-electron chi connectivity index (χ1n) is 18.0. The Hall–Kier alpha value is -1.46. The average Bonchev–Trinajstić information content (AvgIpc) is 3.12. The van der Waals surface area contributed by atoms with Gasteiger partial charge in [0.1, 0.15) is 12.4 Å². The van der Waals surface area contributed by atoms with Crippen LogP contribution in [-0.2, 0) is 58.5 Å². The maximum Gasteiger partial charge on any atom is 0.119 e. The normalized spacial score (nSPS) is 11.5. The molecular weight excluding hydrogens is 640 g/mol. The number of unbranched alkanes of at least 4 members (excludes halogenated alkanes) is 3. The number of benzene rings is 1. The van der Waals surface area contributed by atoms with E-state index in [9.17, 15) is 0 Å². The Balaban J connectivity index is 1.66. The van der Waals surface area contributed by atoms with Crippen molar-refractivity contribution in [1.29, 1.82) is 0 Å². The van der Waals surface area contributed by atoms with E-state index in [1.165, 1.54) is 31.2 Å². The molecule has 0 unspecified atom stereocenters. The minimum Gasteiger partial charge on any atom is -0.491 e. The molecule has 49 heavy (non-hydrogen) atoms. The molecule has 0 saturated carbocycles. The van der Waals surface area contributed by atoms with Gasteiger partial charge in [0.05, 0.1) is 152 Å². The van der Waals surface area contributed by atoms with Crippen LogP contribution >= 0.6 is 0 Å². The smallest absolute Gasteiger partial charge is 0.119 e. The molecule has 0 radical (unpaired) electrons. The number of aliphatic hydroxyl groups excluding tert-OH is 1. The van der Waals surface area contributed by atoms with Crippen LogP contribution in [0.3, 0.4) is 0 Å². The lowest BCUT2D eigenvalue weighted by Gasteiger charge is -2.09. The highest BCUT2D eigenvalue weighted by atomic mass is 16.6. The number of hydrogen-bond acceptors (Lipinski definition) is 13. The summed E-state index contributed by atoms with van der Waals surface area (Å²) < 4.78 is 65.6. The molecule has 0 fully saturated rings. The van der Waals surface area contributed by atoms with Crippen LogP contribution in [0.15, 0.2) is 24.3 Å². The Kier molecular flexibility index (Phi) is 36.6. The second-order valence-corrected chi connectivity index (χ2v) is 10.8. The van der Waals surface area contributed by atoms with E-state index in [4.69, 9.17) is 61.9 Å². The molecule has 0 aliphatic carbocycles. The lowest BCUT2D eigenvalue weighted by molar-refractivity contribution is -0.0280. The van der Waals surface area contributed by atoms with E-state index in [1.54, 1.807) is 0 Å². The molecule has 1 aromatic rings. The third-order valence-corrected chi connectivity index (χ3v) is 6.69. The average molecular weight is 707 g/mol. The molecule has 13 nitrogen and oxygen atoms in total. The fourth-order valence-electron chi connectivity index (χ4n) is 4.09. The molecule has 1 rings (SSSR count). The van der Waals surface area contributed by atoms with Crippen LogP contribution < -0.4 is 4.74 Å². The lowest BCUT2D eigenvalue weighted by atomic mass is 10.1. The fourth-order valence-corrected chi connectivity index (χ4v) is 4.09. The minimum absolute atomic E-state index is 0.0254. The van der Waals surface area contributed by atoms with Crippen LogP contribution in [-0.4, -0.2) is 164 Å². The largest absolute Gasteiger partial charge is 0.491 e. The molecule has 0 aliphatic rings. The van der Waals surface area contributed by atoms with Gasteiger partial charge < -0.3 is 61.9 Å².